The van der Waals surface area contributed by atoms with E-state index >= 15 is 0 Å². The van der Waals surface area contributed by atoms with E-state index in [4.69, 9.17) is 0 Å². The van der Waals surface area contributed by atoms with E-state index in [9.17, 15) is 24.2 Å². The molecule has 2 rings (SSSR count). The molecule has 23 heavy (non-hydrogen) atoms. The van der Waals surface area contributed by atoms with Gasteiger partial charge < -0.3 is 15.5 Å². The van der Waals surface area contributed by atoms with Crippen LogP contribution in [0.5, 0.6) is 0 Å². The lowest BCUT2D eigenvalue weighted by Gasteiger charge is -2.18. The van der Waals surface area contributed by atoms with Crippen LogP contribution in [-0.2, 0) is 6.42 Å². The summed E-state index contributed by atoms with van der Waals surface area (Å²) >= 11 is 0. The predicted molar refractivity (Wildman–Crippen MR) is 84.2 cm³/mol. The van der Waals surface area contributed by atoms with Gasteiger partial charge in [0, 0.05) is 5.69 Å². The number of benzene rings is 2. The van der Waals surface area contributed by atoms with E-state index in [2.05, 4.69) is 5.32 Å². The summed E-state index contributed by atoms with van der Waals surface area (Å²) < 4.78 is 13.0. The Hall–Kier alpha value is -2.89. The van der Waals surface area contributed by atoms with Crippen molar-refractivity contribution in [3.05, 3.63) is 58.4 Å². The molecule has 0 aliphatic rings. The Balaban J connectivity index is 2.70. The number of aromatic carboxylic acids is 2. The Morgan fingerprint density at radius 2 is 1.65 bits per heavy atom. The fourth-order valence-electron chi connectivity index (χ4n) is 2.49. The van der Waals surface area contributed by atoms with Crippen LogP contribution in [0.2, 0.25) is 0 Å². The molecule has 0 aliphatic heterocycles. The molecule has 2 aromatic rings. The number of carboxylic acid groups (broad SMARTS) is 2. The van der Waals surface area contributed by atoms with E-state index in [0.29, 0.717) is 23.2 Å². The first kappa shape index (κ1) is 16.5. The lowest BCUT2D eigenvalue weighted by Crippen LogP contribution is -2.14. The molecule has 0 amide bonds. The highest BCUT2D eigenvalue weighted by molar-refractivity contribution is 6.06. The number of hydrogen-bond donors (Lipinski definition) is 3. The Morgan fingerprint density at radius 3 is 2.13 bits per heavy atom. The van der Waals surface area contributed by atoms with Crippen molar-refractivity contribution in [2.24, 2.45) is 0 Å². The fourth-order valence-corrected chi connectivity index (χ4v) is 2.49. The SMILES string of the molecule is CCc1cc(C)c(C(=O)O)c(Nc2ccc(F)cc2)c1C(=O)O. The lowest BCUT2D eigenvalue weighted by atomic mass is 9.94. The molecule has 0 atom stereocenters. The van der Waals surface area contributed by atoms with E-state index < -0.39 is 17.8 Å². The summed E-state index contributed by atoms with van der Waals surface area (Å²) in [6.07, 6.45) is 0.445. The molecular weight excluding hydrogens is 301 g/mol. The molecule has 0 aliphatic carbocycles. The summed E-state index contributed by atoms with van der Waals surface area (Å²) in [4.78, 5) is 23.2. The van der Waals surface area contributed by atoms with Crippen LogP contribution in [0.15, 0.2) is 30.3 Å². The minimum atomic E-state index is -1.22. The normalized spacial score (nSPS) is 10.4. The van der Waals surface area contributed by atoms with Crippen LogP contribution in [0.25, 0.3) is 0 Å². The third-order valence-electron chi connectivity index (χ3n) is 3.53. The maximum absolute atomic E-state index is 13.0. The van der Waals surface area contributed by atoms with Crippen LogP contribution in [0.4, 0.5) is 15.8 Å². The van der Waals surface area contributed by atoms with E-state index in [1.807, 2.05) is 0 Å². The smallest absolute Gasteiger partial charge is 0.338 e. The summed E-state index contributed by atoms with van der Waals surface area (Å²) in [6, 6.07) is 6.82. The van der Waals surface area contributed by atoms with Crippen molar-refractivity contribution in [3.63, 3.8) is 0 Å². The zero-order chi connectivity index (χ0) is 17.1. The zero-order valence-corrected chi connectivity index (χ0v) is 12.7. The highest BCUT2D eigenvalue weighted by atomic mass is 19.1. The quantitative estimate of drug-likeness (QED) is 0.780. The molecule has 0 heterocycles. The molecule has 0 saturated heterocycles. The second-order valence-corrected chi connectivity index (χ2v) is 5.07. The van der Waals surface area contributed by atoms with Gasteiger partial charge in [0.05, 0.1) is 16.8 Å². The predicted octanol–water partition coefficient (Wildman–Crippen LogP) is 3.84. The van der Waals surface area contributed by atoms with Crippen molar-refractivity contribution in [1.82, 2.24) is 0 Å². The first-order chi connectivity index (χ1) is 10.8. The van der Waals surface area contributed by atoms with Gasteiger partial charge in [0.25, 0.3) is 0 Å². The van der Waals surface area contributed by atoms with Crippen LogP contribution in [0.1, 0.15) is 38.8 Å². The second kappa shape index (κ2) is 6.48. The molecule has 3 N–H and O–H groups in total. The number of carboxylic acids is 2. The standard InChI is InChI=1S/C17H16FNO4/c1-3-10-8-9(2)13(16(20)21)15(14(10)17(22)23)19-12-6-4-11(18)5-7-12/h4-8,19H,3H2,1-2H3,(H,20,21)(H,22,23). The van der Waals surface area contributed by atoms with Crippen LogP contribution in [0.3, 0.4) is 0 Å². The third-order valence-corrected chi connectivity index (χ3v) is 3.53. The zero-order valence-electron chi connectivity index (χ0n) is 12.7. The fraction of sp³-hybridized carbons (Fsp3) is 0.176. The molecule has 0 fully saturated rings. The van der Waals surface area contributed by atoms with Gasteiger partial charge in [0.2, 0.25) is 0 Å². The van der Waals surface area contributed by atoms with Crippen LogP contribution in [-0.4, -0.2) is 22.2 Å². The molecule has 0 spiro atoms. The van der Waals surface area contributed by atoms with E-state index in [1.165, 1.54) is 24.3 Å². The molecule has 5 nitrogen and oxygen atoms in total. The Morgan fingerprint density at radius 1 is 1.09 bits per heavy atom. The van der Waals surface area contributed by atoms with E-state index in [1.54, 1.807) is 19.9 Å². The van der Waals surface area contributed by atoms with Crippen LogP contribution < -0.4 is 5.32 Å². The molecule has 0 radical (unpaired) electrons. The van der Waals surface area contributed by atoms with Crippen molar-refractivity contribution >= 4 is 23.3 Å². The molecule has 0 aromatic heterocycles. The maximum atomic E-state index is 13.0. The number of carbonyl (C=O) groups is 2. The topological polar surface area (TPSA) is 86.6 Å². The summed E-state index contributed by atoms with van der Waals surface area (Å²) in [5.41, 5.74) is 1.22. The van der Waals surface area contributed by atoms with E-state index in [-0.39, 0.29) is 16.8 Å². The largest absolute Gasteiger partial charge is 0.478 e. The van der Waals surface area contributed by atoms with Crippen molar-refractivity contribution in [2.75, 3.05) is 5.32 Å². The summed E-state index contributed by atoms with van der Waals surface area (Å²) in [7, 11) is 0. The van der Waals surface area contributed by atoms with Gasteiger partial charge in [-0.3, -0.25) is 0 Å². The Kier molecular flexibility index (Phi) is 4.64. The lowest BCUT2D eigenvalue weighted by molar-refractivity contribution is 0.0695. The van der Waals surface area contributed by atoms with Gasteiger partial charge >= 0.3 is 11.9 Å². The maximum Gasteiger partial charge on any atom is 0.338 e. The number of rotatable bonds is 5. The monoisotopic (exact) mass is 317 g/mol. The van der Waals surface area contributed by atoms with Crippen molar-refractivity contribution in [2.45, 2.75) is 20.3 Å². The van der Waals surface area contributed by atoms with Gasteiger partial charge in [-0.1, -0.05) is 13.0 Å². The highest BCUT2D eigenvalue weighted by Crippen LogP contribution is 2.31. The number of halogens is 1. The second-order valence-electron chi connectivity index (χ2n) is 5.07. The van der Waals surface area contributed by atoms with Crippen LogP contribution in [0, 0.1) is 12.7 Å². The third kappa shape index (κ3) is 3.31. The van der Waals surface area contributed by atoms with E-state index in [0.717, 1.165) is 0 Å². The summed E-state index contributed by atoms with van der Waals surface area (Å²) in [5, 5.41) is 21.8. The number of anilines is 2. The summed E-state index contributed by atoms with van der Waals surface area (Å²) in [6.45, 7) is 3.41. The molecular formula is C17H16FNO4. The number of hydrogen-bond acceptors (Lipinski definition) is 3. The summed E-state index contributed by atoms with van der Waals surface area (Å²) in [5.74, 6) is -2.88. The van der Waals surface area contributed by atoms with Gasteiger partial charge in [-0.25, -0.2) is 14.0 Å². The van der Waals surface area contributed by atoms with Gasteiger partial charge in [0.15, 0.2) is 0 Å². The van der Waals surface area contributed by atoms with Gasteiger partial charge in [0.1, 0.15) is 5.82 Å². The van der Waals surface area contributed by atoms with Gasteiger partial charge in [-0.05, 0) is 48.7 Å². The average Bonchev–Trinajstić information content (AvgIpc) is 2.48. The highest BCUT2D eigenvalue weighted by Gasteiger charge is 2.24. The van der Waals surface area contributed by atoms with Gasteiger partial charge in [-0.2, -0.15) is 0 Å². The Bertz CT molecular complexity index is 769. The molecule has 6 heteroatoms. The van der Waals surface area contributed by atoms with Crippen molar-refractivity contribution in [1.29, 1.82) is 0 Å². The van der Waals surface area contributed by atoms with Gasteiger partial charge in [-0.15, -0.1) is 0 Å². The molecule has 0 saturated carbocycles. The van der Waals surface area contributed by atoms with Crippen molar-refractivity contribution in [3.8, 4) is 0 Å². The molecule has 0 bridgehead atoms. The average molecular weight is 317 g/mol. The van der Waals surface area contributed by atoms with Crippen molar-refractivity contribution < 1.29 is 24.2 Å². The molecule has 120 valence electrons. The molecule has 2 aromatic carbocycles. The molecule has 0 unspecified atom stereocenters. The number of nitrogens with one attached hydrogen (secondary N) is 1. The minimum Gasteiger partial charge on any atom is -0.478 e. The first-order valence-electron chi connectivity index (χ1n) is 7.00. The Labute approximate surface area is 132 Å². The minimum absolute atomic E-state index is 0.00783. The first-order valence-corrected chi connectivity index (χ1v) is 7.00. The number of aryl methyl sites for hydroxylation is 2. The van der Waals surface area contributed by atoms with Crippen LogP contribution >= 0.6 is 0 Å².